The van der Waals surface area contributed by atoms with Crippen LogP contribution in [-0.4, -0.2) is 14.4 Å². The molecule has 4 heteroatoms. The van der Waals surface area contributed by atoms with Crippen LogP contribution in [0.15, 0.2) is 0 Å². The quantitative estimate of drug-likeness (QED) is 0.405. The van der Waals surface area contributed by atoms with Crippen molar-refractivity contribution in [3.8, 4) is 0 Å². The maximum atomic E-state index is 11.2. The minimum absolute atomic E-state index is 0.157. The Labute approximate surface area is 154 Å². The van der Waals surface area contributed by atoms with Gasteiger partial charge in [-0.3, -0.25) is 0 Å². The van der Waals surface area contributed by atoms with Crippen LogP contribution in [0.25, 0.3) is 0 Å². The summed E-state index contributed by atoms with van der Waals surface area (Å²) in [6.45, 7) is 11.2. The fourth-order valence-corrected chi connectivity index (χ4v) is 3.51. The summed E-state index contributed by atoms with van der Waals surface area (Å²) in [5.41, 5.74) is -0.327. The van der Waals surface area contributed by atoms with Gasteiger partial charge in [0.05, 0.1) is 5.60 Å². The van der Waals surface area contributed by atoms with E-state index in [1.807, 2.05) is 0 Å². The summed E-state index contributed by atoms with van der Waals surface area (Å²) in [6, 6.07) is 0. The summed E-state index contributed by atoms with van der Waals surface area (Å²) in [5, 5.41) is 11.2. The van der Waals surface area contributed by atoms with Crippen LogP contribution >= 0.6 is 0 Å². The van der Waals surface area contributed by atoms with E-state index in [0.29, 0.717) is 0 Å². The minimum atomic E-state index is -1.75. The summed E-state index contributed by atoms with van der Waals surface area (Å²) in [6.07, 6.45) is 14.4. The average molecular weight is 365 g/mol. The first kappa shape index (κ1) is 25.7. The van der Waals surface area contributed by atoms with E-state index in [1.165, 1.54) is 64.2 Å². The van der Waals surface area contributed by atoms with E-state index < -0.39 is 25.1 Å². The summed E-state index contributed by atoms with van der Waals surface area (Å²) >= 11 is -1.75. The Balaban J connectivity index is 0. The molecule has 0 saturated carbocycles. The van der Waals surface area contributed by atoms with Crippen molar-refractivity contribution in [2.45, 2.75) is 117 Å². The molecule has 0 aliphatic rings. The van der Waals surface area contributed by atoms with Gasteiger partial charge in [-0.05, 0) is 38.0 Å². The van der Waals surface area contributed by atoms with Crippen molar-refractivity contribution < 1.29 is 31.6 Å². The van der Waals surface area contributed by atoms with Crippen LogP contribution in [0.5, 0.6) is 0 Å². The molecule has 0 aromatic carbocycles. The van der Waals surface area contributed by atoms with Gasteiger partial charge in [0.2, 0.25) is 0 Å². The number of hydrogen-bond acceptors (Lipinski definition) is 2. The second kappa shape index (κ2) is 15.9. The molecular formula is C19H41O3Ti. The molecule has 0 fully saturated rings. The zero-order valence-electron chi connectivity index (χ0n) is 16.3. The molecule has 0 spiro atoms. The molecule has 1 unspecified atom stereocenters. The second-order valence-electron chi connectivity index (χ2n) is 7.06. The SMILES string of the molecule is CCCCC(C)(O)C(CCCC)(CCCC)CCCC.[O]=[Ti][OH]. The summed E-state index contributed by atoms with van der Waals surface area (Å²) in [5.74, 6) is 0. The summed E-state index contributed by atoms with van der Waals surface area (Å²) in [4.78, 5) is 0. The van der Waals surface area contributed by atoms with Gasteiger partial charge in [-0.1, -0.05) is 79.1 Å². The Morgan fingerprint density at radius 3 is 1.26 bits per heavy atom. The van der Waals surface area contributed by atoms with Crippen LogP contribution in [-0.2, 0) is 22.8 Å². The van der Waals surface area contributed by atoms with E-state index in [2.05, 4.69) is 34.6 Å². The number of aliphatic hydroxyl groups is 1. The van der Waals surface area contributed by atoms with E-state index in [0.717, 1.165) is 12.8 Å². The zero-order valence-corrected chi connectivity index (χ0v) is 17.8. The molecule has 2 N–H and O–H groups in total. The van der Waals surface area contributed by atoms with E-state index >= 15 is 0 Å². The molecule has 0 rings (SSSR count). The van der Waals surface area contributed by atoms with Crippen molar-refractivity contribution in [3.63, 3.8) is 0 Å². The molecule has 0 saturated heterocycles. The second-order valence-corrected chi connectivity index (χ2v) is 7.34. The van der Waals surface area contributed by atoms with E-state index in [4.69, 9.17) is 7.01 Å². The van der Waals surface area contributed by atoms with Gasteiger partial charge in [0.15, 0.2) is 0 Å². The molecule has 0 aliphatic heterocycles. The Morgan fingerprint density at radius 1 is 0.739 bits per heavy atom. The number of unbranched alkanes of at least 4 members (excludes halogenated alkanes) is 4. The van der Waals surface area contributed by atoms with Crippen LogP contribution in [0.3, 0.4) is 0 Å². The van der Waals surface area contributed by atoms with Crippen molar-refractivity contribution in [2.24, 2.45) is 5.41 Å². The molecule has 0 aromatic heterocycles. The van der Waals surface area contributed by atoms with Crippen LogP contribution in [0.1, 0.15) is 112 Å². The Hall–Kier alpha value is 0.434. The number of hydrogen-bond donors (Lipinski definition) is 2. The molecule has 0 aromatic rings. The van der Waals surface area contributed by atoms with Gasteiger partial charge in [-0.25, -0.2) is 0 Å². The van der Waals surface area contributed by atoms with E-state index in [9.17, 15) is 5.11 Å². The van der Waals surface area contributed by atoms with Gasteiger partial charge in [0.25, 0.3) is 0 Å². The van der Waals surface area contributed by atoms with Gasteiger partial charge in [0, 0.05) is 0 Å². The molecule has 0 aliphatic carbocycles. The van der Waals surface area contributed by atoms with Crippen molar-refractivity contribution >= 4 is 0 Å². The van der Waals surface area contributed by atoms with Gasteiger partial charge in [0.1, 0.15) is 0 Å². The standard InChI is InChI=1S/C19H40O.H2O.O.Ti/c1-6-10-14-18(5,20)19(15-11-7-2,16-12-8-3)17-13-9-4;;;/h20H,6-17H2,1-5H3;1H2;;/q;;;+1/p-1. The maximum absolute atomic E-state index is 11.2. The molecule has 0 heterocycles. The summed E-state index contributed by atoms with van der Waals surface area (Å²) in [7, 11) is 0. The third kappa shape index (κ3) is 10.8. The molecule has 3 nitrogen and oxygen atoms in total. The fourth-order valence-electron chi connectivity index (χ4n) is 3.51. The first-order valence-corrected chi connectivity index (χ1v) is 11.0. The average Bonchev–Trinajstić information content (AvgIpc) is 2.53. The molecule has 139 valence electrons. The van der Waals surface area contributed by atoms with E-state index in [1.54, 1.807) is 0 Å². The van der Waals surface area contributed by atoms with Gasteiger partial charge >= 0.3 is 26.5 Å². The van der Waals surface area contributed by atoms with Crippen molar-refractivity contribution in [3.05, 3.63) is 0 Å². The van der Waals surface area contributed by atoms with Gasteiger partial charge in [-0.15, -0.1) is 0 Å². The predicted molar refractivity (Wildman–Crippen MR) is 94.1 cm³/mol. The third-order valence-corrected chi connectivity index (χ3v) is 5.19. The van der Waals surface area contributed by atoms with Crippen molar-refractivity contribution in [1.82, 2.24) is 0 Å². The third-order valence-electron chi connectivity index (χ3n) is 5.19. The van der Waals surface area contributed by atoms with Crippen LogP contribution in [0, 0.1) is 5.41 Å². The Kier molecular flexibility index (Phi) is 17.8. The zero-order chi connectivity index (χ0) is 18.2. The van der Waals surface area contributed by atoms with Gasteiger partial charge in [-0.2, -0.15) is 0 Å². The van der Waals surface area contributed by atoms with Gasteiger partial charge < -0.3 is 5.11 Å². The van der Waals surface area contributed by atoms with Crippen LogP contribution in [0.2, 0.25) is 0 Å². The monoisotopic (exact) mass is 365 g/mol. The Morgan fingerprint density at radius 2 is 1.00 bits per heavy atom. The molecule has 0 bridgehead atoms. The first-order chi connectivity index (χ1) is 10.9. The van der Waals surface area contributed by atoms with Crippen molar-refractivity contribution in [1.29, 1.82) is 0 Å². The fraction of sp³-hybridized carbons (Fsp3) is 1.00. The van der Waals surface area contributed by atoms with Crippen LogP contribution < -0.4 is 0 Å². The molecule has 1 atom stereocenters. The number of rotatable bonds is 13. The van der Waals surface area contributed by atoms with Crippen LogP contribution in [0.4, 0.5) is 0 Å². The normalized spacial score (nSPS) is 13.7. The van der Waals surface area contributed by atoms with Crippen molar-refractivity contribution in [2.75, 3.05) is 0 Å². The predicted octanol–water partition coefficient (Wildman–Crippen LogP) is 5.81. The summed E-state index contributed by atoms with van der Waals surface area (Å²) < 4.78 is 15.8. The molecule has 0 radical (unpaired) electrons. The molecule has 23 heavy (non-hydrogen) atoms. The Bertz CT molecular complexity index is 246. The molecular weight excluding hydrogens is 324 g/mol. The molecule has 0 amide bonds. The first-order valence-electron chi connectivity index (χ1n) is 9.64. The van der Waals surface area contributed by atoms with E-state index in [-0.39, 0.29) is 5.41 Å². The topological polar surface area (TPSA) is 57.5 Å².